The third kappa shape index (κ3) is 1.97. The van der Waals surface area contributed by atoms with Crippen LogP contribution in [0.1, 0.15) is 23.6 Å². The summed E-state index contributed by atoms with van der Waals surface area (Å²) >= 11 is 0. The normalized spacial score (nSPS) is 18.1. The molecule has 0 saturated carbocycles. The van der Waals surface area contributed by atoms with Crippen LogP contribution in [0.2, 0.25) is 0 Å². The fourth-order valence-electron chi connectivity index (χ4n) is 4.38. The summed E-state index contributed by atoms with van der Waals surface area (Å²) in [7, 11) is 2.14. The fourth-order valence-corrected chi connectivity index (χ4v) is 4.38. The second-order valence-electron chi connectivity index (χ2n) is 7.25. The third-order valence-electron chi connectivity index (χ3n) is 5.88. The lowest BCUT2D eigenvalue weighted by Crippen LogP contribution is -2.34. The van der Waals surface area contributed by atoms with Crippen LogP contribution >= 0.6 is 0 Å². The minimum Gasteiger partial charge on any atom is -0.359 e. The van der Waals surface area contributed by atoms with Crippen molar-refractivity contribution in [2.24, 2.45) is 0 Å². The molecule has 5 rings (SSSR count). The molecule has 3 aromatic carbocycles. The first kappa shape index (κ1) is 14.6. The van der Waals surface area contributed by atoms with Crippen molar-refractivity contribution in [3.8, 4) is 11.1 Å². The first-order chi connectivity index (χ1) is 12.1. The summed E-state index contributed by atoms with van der Waals surface area (Å²) in [5.74, 6) is 0. The van der Waals surface area contributed by atoms with Crippen molar-refractivity contribution >= 4 is 16.5 Å². The highest BCUT2D eigenvalue weighted by Gasteiger charge is 2.29. The molecular formula is C23H22N2. The van der Waals surface area contributed by atoms with Crippen molar-refractivity contribution in [2.75, 3.05) is 11.9 Å². The Hall–Kier alpha value is -2.74. The molecule has 2 heteroatoms. The molecule has 0 saturated heterocycles. The number of fused-ring (bicyclic) bond motifs is 5. The van der Waals surface area contributed by atoms with Gasteiger partial charge in [0.2, 0.25) is 0 Å². The van der Waals surface area contributed by atoms with Gasteiger partial charge in [-0.1, -0.05) is 48.5 Å². The number of rotatable bonds is 1. The fraction of sp³-hybridized carbons (Fsp3) is 0.217. The van der Waals surface area contributed by atoms with Crippen LogP contribution in [0.15, 0.2) is 60.9 Å². The molecule has 1 aliphatic carbocycles. The highest BCUT2D eigenvalue weighted by atomic mass is 15.4. The highest BCUT2D eigenvalue weighted by molar-refractivity contribution is 5.97. The molecule has 0 bridgehead atoms. The summed E-state index contributed by atoms with van der Waals surface area (Å²) < 4.78 is 0. The Bertz CT molecular complexity index is 1030. The van der Waals surface area contributed by atoms with Gasteiger partial charge in [-0.3, -0.25) is 0 Å². The topological polar surface area (TPSA) is 6.48 Å². The SMILES string of the molecule is Cc1ccc2c(c1N1C=CN(C)[C@@H]1C)Cc1c-2ccc2ccccc12. The molecule has 1 atom stereocenters. The van der Waals surface area contributed by atoms with E-state index in [-0.39, 0.29) is 0 Å². The maximum absolute atomic E-state index is 2.42. The van der Waals surface area contributed by atoms with Crippen LogP contribution in [0.3, 0.4) is 0 Å². The molecule has 3 aromatic rings. The predicted octanol–water partition coefficient (Wildman–Crippen LogP) is 5.29. The number of hydrogen-bond acceptors (Lipinski definition) is 2. The molecule has 1 heterocycles. The zero-order valence-corrected chi connectivity index (χ0v) is 15.0. The molecule has 2 nitrogen and oxygen atoms in total. The molecule has 2 aliphatic rings. The monoisotopic (exact) mass is 326 g/mol. The van der Waals surface area contributed by atoms with E-state index in [4.69, 9.17) is 0 Å². The molecule has 1 aliphatic heterocycles. The summed E-state index contributed by atoms with van der Waals surface area (Å²) in [5.41, 5.74) is 8.48. The van der Waals surface area contributed by atoms with Crippen molar-refractivity contribution in [3.63, 3.8) is 0 Å². The largest absolute Gasteiger partial charge is 0.359 e. The van der Waals surface area contributed by atoms with Crippen LogP contribution in [-0.2, 0) is 6.42 Å². The molecule has 0 N–H and O–H groups in total. The number of benzene rings is 3. The first-order valence-corrected chi connectivity index (χ1v) is 8.97. The van der Waals surface area contributed by atoms with E-state index < -0.39 is 0 Å². The van der Waals surface area contributed by atoms with Crippen LogP contribution in [0, 0.1) is 6.92 Å². The van der Waals surface area contributed by atoms with E-state index in [1.165, 1.54) is 44.3 Å². The van der Waals surface area contributed by atoms with Crippen molar-refractivity contribution in [3.05, 3.63) is 77.6 Å². The number of hydrogen-bond donors (Lipinski definition) is 0. The van der Waals surface area contributed by atoms with E-state index in [0.717, 1.165) is 6.42 Å². The second kappa shape index (κ2) is 5.13. The molecule has 0 spiro atoms. The molecule has 0 aromatic heterocycles. The molecule has 25 heavy (non-hydrogen) atoms. The summed E-state index contributed by atoms with van der Waals surface area (Å²) in [6.45, 7) is 4.49. The van der Waals surface area contributed by atoms with Gasteiger partial charge in [0.05, 0.1) is 0 Å². The lowest BCUT2D eigenvalue weighted by atomic mass is 9.99. The first-order valence-electron chi connectivity index (χ1n) is 8.97. The van der Waals surface area contributed by atoms with Gasteiger partial charge >= 0.3 is 0 Å². The molecule has 0 unspecified atom stereocenters. The van der Waals surface area contributed by atoms with Crippen molar-refractivity contribution in [1.29, 1.82) is 0 Å². The smallest absolute Gasteiger partial charge is 0.102 e. The van der Waals surface area contributed by atoms with Crippen LogP contribution < -0.4 is 4.90 Å². The number of aryl methyl sites for hydroxylation is 1. The molecule has 0 fully saturated rings. The van der Waals surface area contributed by atoms with Gasteiger partial charge in [-0.15, -0.1) is 0 Å². The van der Waals surface area contributed by atoms with Gasteiger partial charge in [0.25, 0.3) is 0 Å². The lowest BCUT2D eigenvalue weighted by Gasteiger charge is -2.30. The Kier molecular flexibility index (Phi) is 2.99. The average Bonchev–Trinajstić information content (AvgIpc) is 3.16. The van der Waals surface area contributed by atoms with Crippen LogP contribution in [0.25, 0.3) is 21.9 Å². The summed E-state index contributed by atoms with van der Waals surface area (Å²) in [6, 6.07) is 17.9. The Labute approximate surface area is 149 Å². The van der Waals surface area contributed by atoms with E-state index in [1.54, 1.807) is 0 Å². The zero-order valence-electron chi connectivity index (χ0n) is 15.0. The van der Waals surface area contributed by atoms with Crippen LogP contribution in [-0.4, -0.2) is 18.1 Å². The van der Waals surface area contributed by atoms with Gasteiger partial charge < -0.3 is 9.80 Å². The van der Waals surface area contributed by atoms with Crippen molar-refractivity contribution in [1.82, 2.24) is 4.90 Å². The van der Waals surface area contributed by atoms with Gasteiger partial charge in [0, 0.05) is 31.6 Å². The molecule has 0 amide bonds. The summed E-state index contributed by atoms with van der Waals surface area (Å²) in [6.07, 6.45) is 5.75. The quantitative estimate of drug-likeness (QED) is 0.469. The van der Waals surface area contributed by atoms with E-state index in [9.17, 15) is 0 Å². The maximum Gasteiger partial charge on any atom is 0.102 e. The summed E-state index contributed by atoms with van der Waals surface area (Å²) in [4.78, 5) is 4.68. The molecule has 124 valence electrons. The maximum atomic E-state index is 2.42. The molecular weight excluding hydrogens is 304 g/mol. The van der Waals surface area contributed by atoms with E-state index in [1.807, 2.05) is 0 Å². The zero-order chi connectivity index (χ0) is 17.1. The van der Waals surface area contributed by atoms with E-state index in [2.05, 4.69) is 91.6 Å². The van der Waals surface area contributed by atoms with Crippen LogP contribution in [0.5, 0.6) is 0 Å². The minimum absolute atomic E-state index is 0.352. The number of anilines is 1. The van der Waals surface area contributed by atoms with Crippen LogP contribution in [0.4, 0.5) is 5.69 Å². The number of nitrogens with zero attached hydrogens (tertiary/aromatic N) is 2. The van der Waals surface area contributed by atoms with E-state index >= 15 is 0 Å². The lowest BCUT2D eigenvalue weighted by molar-refractivity contribution is 0.382. The Balaban J connectivity index is 1.73. The highest BCUT2D eigenvalue weighted by Crippen LogP contribution is 2.46. The van der Waals surface area contributed by atoms with Gasteiger partial charge in [-0.25, -0.2) is 0 Å². The standard InChI is InChI=1S/C23H22N2/c1-15-8-10-20-19-11-9-17-6-4-5-7-18(17)21(19)14-22(20)23(15)25-13-12-24(3)16(25)2/h4-13,16H,14H2,1-3H3/t16-/m0/s1. The second-order valence-corrected chi connectivity index (χ2v) is 7.25. The average molecular weight is 326 g/mol. The third-order valence-corrected chi connectivity index (χ3v) is 5.88. The minimum atomic E-state index is 0.352. The van der Waals surface area contributed by atoms with Gasteiger partial charge in [0.1, 0.15) is 6.17 Å². The van der Waals surface area contributed by atoms with Crippen molar-refractivity contribution in [2.45, 2.75) is 26.4 Å². The Morgan fingerprint density at radius 3 is 2.44 bits per heavy atom. The van der Waals surface area contributed by atoms with Gasteiger partial charge in [-0.05, 0) is 52.4 Å². The van der Waals surface area contributed by atoms with E-state index in [0.29, 0.717) is 6.17 Å². The van der Waals surface area contributed by atoms with Gasteiger partial charge in [-0.2, -0.15) is 0 Å². The Morgan fingerprint density at radius 1 is 0.880 bits per heavy atom. The predicted molar refractivity (Wildman–Crippen MR) is 106 cm³/mol. The molecule has 0 radical (unpaired) electrons. The Morgan fingerprint density at radius 2 is 1.64 bits per heavy atom. The van der Waals surface area contributed by atoms with Gasteiger partial charge in [0.15, 0.2) is 0 Å². The summed E-state index contributed by atoms with van der Waals surface area (Å²) in [5, 5.41) is 2.73. The van der Waals surface area contributed by atoms with Crippen molar-refractivity contribution < 1.29 is 0 Å².